The van der Waals surface area contributed by atoms with Gasteiger partial charge in [-0.25, -0.2) is 8.42 Å². The molecular formula is C9H13F3N4O3S. The van der Waals surface area contributed by atoms with Crippen LogP contribution in [0.15, 0.2) is 15.3 Å². The maximum Gasteiger partial charge on any atom is 0.389 e. The first-order chi connectivity index (χ1) is 9.20. The number of hydrogen-bond donors (Lipinski definition) is 1. The zero-order chi connectivity index (χ0) is 15.2. The highest BCUT2D eigenvalue weighted by Crippen LogP contribution is 2.21. The van der Waals surface area contributed by atoms with E-state index >= 15 is 0 Å². The number of halogens is 3. The molecule has 1 rings (SSSR count). The number of rotatable bonds is 7. The van der Waals surface area contributed by atoms with Crippen LogP contribution in [0, 0.1) is 0 Å². The van der Waals surface area contributed by atoms with Gasteiger partial charge in [-0.15, -0.1) is 0 Å². The third-order valence-electron chi connectivity index (χ3n) is 2.17. The number of nitrogens with two attached hydrogens (primary N) is 1. The molecule has 1 aromatic rings. The van der Waals surface area contributed by atoms with Crippen molar-refractivity contribution in [3.05, 3.63) is 12.2 Å². The Kier molecular flexibility index (Phi) is 5.62. The Morgan fingerprint density at radius 2 is 2.20 bits per heavy atom. The van der Waals surface area contributed by atoms with E-state index in [1.54, 1.807) is 0 Å². The molecule has 0 saturated heterocycles. The number of nitrogens with zero attached hydrogens (tertiary/aromatic N) is 3. The average molecular weight is 314 g/mol. The maximum absolute atomic E-state index is 11.9. The second-order valence-electron chi connectivity index (χ2n) is 3.92. The van der Waals surface area contributed by atoms with Gasteiger partial charge in [-0.3, -0.25) is 0 Å². The Bertz CT molecular complexity index is 527. The van der Waals surface area contributed by atoms with E-state index in [9.17, 15) is 21.6 Å². The van der Waals surface area contributed by atoms with Gasteiger partial charge in [-0.05, 0) is 6.42 Å². The van der Waals surface area contributed by atoms with Crippen molar-refractivity contribution in [2.45, 2.75) is 31.5 Å². The molecule has 0 saturated carbocycles. The lowest BCUT2D eigenvalue weighted by Crippen LogP contribution is -2.14. The molecule has 0 aliphatic heterocycles. The van der Waals surface area contributed by atoms with Gasteiger partial charge in [0.15, 0.2) is 5.82 Å². The quantitative estimate of drug-likeness (QED) is 0.757. The van der Waals surface area contributed by atoms with Gasteiger partial charge in [0, 0.05) is 19.1 Å². The molecule has 0 aliphatic rings. The minimum atomic E-state index is -4.37. The normalized spacial score (nSPS) is 14.8. The van der Waals surface area contributed by atoms with E-state index in [-0.39, 0.29) is 12.2 Å². The molecular weight excluding hydrogens is 301 g/mol. The van der Waals surface area contributed by atoms with E-state index in [2.05, 4.69) is 19.1 Å². The maximum atomic E-state index is 11.9. The Morgan fingerprint density at radius 1 is 1.50 bits per heavy atom. The molecule has 0 amide bonds. The van der Waals surface area contributed by atoms with Crippen LogP contribution in [0.1, 0.15) is 31.1 Å². The van der Waals surface area contributed by atoms with Gasteiger partial charge < -0.3 is 10.3 Å². The van der Waals surface area contributed by atoms with Gasteiger partial charge in [0.2, 0.25) is 6.39 Å². The van der Waals surface area contributed by atoms with Crippen LogP contribution in [-0.4, -0.2) is 36.7 Å². The molecule has 0 bridgehead atoms. The number of aromatic nitrogens is 2. The first-order valence-corrected chi connectivity index (χ1v) is 7.15. The molecule has 114 valence electrons. The average Bonchev–Trinajstić information content (AvgIpc) is 2.79. The minimum Gasteiger partial charge on any atom is -0.343 e. The topological polar surface area (TPSA) is 111 Å². The van der Waals surface area contributed by atoms with Crippen LogP contribution >= 0.6 is 0 Å². The lowest BCUT2D eigenvalue weighted by molar-refractivity contribution is -0.134. The highest BCUT2D eigenvalue weighted by molar-refractivity contribution is 7.90. The third-order valence-corrected chi connectivity index (χ3v) is 3.44. The highest BCUT2D eigenvalue weighted by Gasteiger charge is 2.27. The van der Waals surface area contributed by atoms with E-state index < -0.39 is 40.8 Å². The molecule has 0 spiro atoms. The lowest BCUT2D eigenvalue weighted by Gasteiger charge is -2.04. The summed E-state index contributed by atoms with van der Waals surface area (Å²) in [7, 11) is -3.92. The summed E-state index contributed by atoms with van der Waals surface area (Å²) in [6, 6.07) is -0.692. The fourth-order valence-corrected chi connectivity index (χ4v) is 2.15. The van der Waals surface area contributed by atoms with E-state index in [1.807, 2.05) is 0 Å². The number of hydrogen-bond acceptors (Lipinski definition) is 6. The van der Waals surface area contributed by atoms with Crippen molar-refractivity contribution in [2.24, 2.45) is 10.1 Å². The van der Waals surface area contributed by atoms with Crippen LogP contribution in [0.4, 0.5) is 13.2 Å². The van der Waals surface area contributed by atoms with Crippen molar-refractivity contribution in [1.29, 1.82) is 0 Å². The second kappa shape index (κ2) is 6.79. The molecule has 0 aromatic carbocycles. The predicted molar refractivity (Wildman–Crippen MR) is 63.4 cm³/mol. The zero-order valence-corrected chi connectivity index (χ0v) is 11.1. The second-order valence-corrected chi connectivity index (χ2v) is 5.71. The lowest BCUT2D eigenvalue weighted by atomic mass is 10.2. The summed E-state index contributed by atoms with van der Waals surface area (Å²) in [5.41, 5.74) is 5.61. The molecule has 1 atom stereocenters. The van der Waals surface area contributed by atoms with E-state index in [0.717, 1.165) is 12.6 Å². The number of sulfonamides is 1. The Balaban J connectivity index is 2.40. The summed E-state index contributed by atoms with van der Waals surface area (Å²) in [5.74, 6) is -0.480. The van der Waals surface area contributed by atoms with Crippen molar-refractivity contribution >= 4 is 16.2 Å². The van der Waals surface area contributed by atoms with Gasteiger partial charge in [-0.1, -0.05) is 5.16 Å². The Morgan fingerprint density at radius 3 is 2.75 bits per heavy atom. The molecule has 11 heteroatoms. The summed E-state index contributed by atoms with van der Waals surface area (Å²) in [6.07, 6.45) is -3.95. The van der Waals surface area contributed by atoms with Gasteiger partial charge in [-0.2, -0.15) is 22.6 Å². The molecule has 0 fully saturated rings. The molecule has 1 aromatic heterocycles. The first kappa shape index (κ1) is 16.6. The molecule has 7 nitrogen and oxygen atoms in total. The molecule has 2 N–H and O–H groups in total. The summed E-state index contributed by atoms with van der Waals surface area (Å²) < 4.78 is 66.0. The Hall–Kier alpha value is -1.49. The largest absolute Gasteiger partial charge is 0.389 e. The monoisotopic (exact) mass is 314 g/mol. The van der Waals surface area contributed by atoms with Crippen molar-refractivity contribution < 1.29 is 26.1 Å². The van der Waals surface area contributed by atoms with E-state index in [1.165, 1.54) is 0 Å². The van der Waals surface area contributed by atoms with Gasteiger partial charge in [0.1, 0.15) is 0 Å². The summed E-state index contributed by atoms with van der Waals surface area (Å²) in [6.45, 7) is 0. The van der Waals surface area contributed by atoms with Crippen molar-refractivity contribution in [2.75, 3.05) is 5.75 Å². The van der Waals surface area contributed by atoms with Crippen molar-refractivity contribution in [1.82, 2.24) is 10.1 Å². The molecule has 20 heavy (non-hydrogen) atoms. The molecule has 0 radical (unpaired) electrons. The molecule has 0 aliphatic carbocycles. The predicted octanol–water partition coefficient (Wildman–Crippen LogP) is 1.20. The summed E-state index contributed by atoms with van der Waals surface area (Å²) in [5, 5.41) is 3.46. The van der Waals surface area contributed by atoms with E-state index in [0.29, 0.717) is 0 Å². The van der Waals surface area contributed by atoms with Crippen LogP contribution in [-0.2, 0) is 10.0 Å². The SMILES string of the molecule is N[C@@H](CC=NS(=O)(=O)CCCC(F)(F)F)c1ncon1. The zero-order valence-electron chi connectivity index (χ0n) is 10.2. The third kappa shape index (κ3) is 6.61. The van der Waals surface area contributed by atoms with Crippen LogP contribution in [0.5, 0.6) is 0 Å². The standard InChI is InChI=1S/C9H13F3N4O3S/c10-9(11,12)3-1-5-20(17,18)15-4-2-7(13)8-14-6-19-16-8/h4,6-7H,1-3,5,13H2/t7-/m0/s1. The first-order valence-electron chi connectivity index (χ1n) is 5.55. The summed E-state index contributed by atoms with van der Waals surface area (Å²) >= 11 is 0. The fourth-order valence-electron chi connectivity index (χ4n) is 1.23. The van der Waals surface area contributed by atoms with Gasteiger partial charge in [0.25, 0.3) is 10.0 Å². The van der Waals surface area contributed by atoms with Gasteiger partial charge >= 0.3 is 6.18 Å². The van der Waals surface area contributed by atoms with Crippen LogP contribution < -0.4 is 5.73 Å². The molecule has 0 unspecified atom stereocenters. The minimum absolute atomic E-state index is 0.0258. The van der Waals surface area contributed by atoms with Gasteiger partial charge in [0.05, 0.1) is 11.8 Å². The van der Waals surface area contributed by atoms with Crippen molar-refractivity contribution in [3.63, 3.8) is 0 Å². The fraction of sp³-hybridized carbons (Fsp3) is 0.667. The number of alkyl halides is 3. The van der Waals surface area contributed by atoms with Crippen LogP contribution in [0.25, 0.3) is 0 Å². The van der Waals surface area contributed by atoms with Crippen LogP contribution in [0.3, 0.4) is 0 Å². The highest BCUT2D eigenvalue weighted by atomic mass is 32.2. The van der Waals surface area contributed by atoms with Crippen molar-refractivity contribution in [3.8, 4) is 0 Å². The van der Waals surface area contributed by atoms with E-state index in [4.69, 9.17) is 5.73 Å². The smallest absolute Gasteiger partial charge is 0.343 e. The summed E-state index contributed by atoms with van der Waals surface area (Å²) in [4.78, 5) is 3.67. The van der Waals surface area contributed by atoms with Crippen LogP contribution in [0.2, 0.25) is 0 Å². The molecule has 1 heterocycles. The Labute approximate surface area is 113 Å².